The van der Waals surface area contributed by atoms with E-state index in [1.54, 1.807) is 6.08 Å². The Balaban J connectivity index is 2.97. The zero-order chi connectivity index (χ0) is 5.70. The SMILES string of the molecule is C=CCN[P+](=O)S. The molecule has 0 aromatic carbocycles. The average Bonchev–Trinajstić information content (AvgIpc) is 1.61. The first-order valence-electron chi connectivity index (χ1n) is 1.78. The van der Waals surface area contributed by atoms with Gasteiger partial charge in [0.2, 0.25) is 0 Å². The standard InChI is InChI=1S/C3H6NOPS/c1-2-3-4-6(5)7/h2H,1,3H2,(H-,4,5,7)/p+1. The fourth-order valence-corrected chi connectivity index (χ4v) is 0.673. The Morgan fingerprint density at radius 1 is 2.00 bits per heavy atom. The molecule has 0 aromatic rings. The molecular weight excluding hydrogens is 129 g/mol. The molecule has 1 unspecified atom stereocenters. The number of hydrogen-bond donors (Lipinski definition) is 2. The van der Waals surface area contributed by atoms with Crippen LogP contribution >= 0.6 is 19.4 Å². The molecule has 7 heavy (non-hydrogen) atoms. The molecule has 2 nitrogen and oxygen atoms in total. The van der Waals surface area contributed by atoms with E-state index >= 15 is 0 Å². The van der Waals surface area contributed by atoms with E-state index in [4.69, 9.17) is 0 Å². The first-order chi connectivity index (χ1) is 3.27. The van der Waals surface area contributed by atoms with Crippen molar-refractivity contribution < 1.29 is 4.57 Å². The molecule has 0 fully saturated rings. The van der Waals surface area contributed by atoms with Crippen LogP contribution in [0.3, 0.4) is 0 Å². The highest BCUT2D eigenvalue weighted by atomic mass is 32.7. The van der Waals surface area contributed by atoms with E-state index in [0.29, 0.717) is 6.54 Å². The van der Waals surface area contributed by atoms with Gasteiger partial charge in [-0.1, -0.05) is 11.2 Å². The van der Waals surface area contributed by atoms with Gasteiger partial charge in [-0.3, -0.25) is 0 Å². The lowest BCUT2D eigenvalue weighted by atomic mass is 10.7. The van der Waals surface area contributed by atoms with E-state index in [1.807, 2.05) is 0 Å². The fraction of sp³-hybridized carbons (Fsp3) is 0.333. The van der Waals surface area contributed by atoms with Crippen molar-refractivity contribution in [2.75, 3.05) is 6.54 Å². The van der Waals surface area contributed by atoms with Crippen molar-refractivity contribution in [2.24, 2.45) is 0 Å². The summed E-state index contributed by atoms with van der Waals surface area (Å²) in [7, 11) is -1.48. The molecule has 0 aromatic heterocycles. The average molecular weight is 136 g/mol. The molecule has 4 heteroatoms. The van der Waals surface area contributed by atoms with Gasteiger partial charge in [0.15, 0.2) is 0 Å². The Morgan fingerprint density at radius 3 is 2.71 bits per heavy atom. The van der Waals surface area contributed by atoms with Crippen molar-refractivity contribution in [1.29, 1.82) is 0 Å². The predicted molar refractivity (Wildman–Crippen MR) is 34.8 cm³/mol. The lowest BCUT2D eigenvalue weighted by Crippen LogP contribution is -1.97. The number of thiol groups is 1. The molecule has 0 radical (unpaired) electrons. The summed E-state index contributed by atoms with van der Waals surface area (Å²) in [6.07, 6.45) is 1.63. The maximum atomic E-state index is 10.1. The molecule has 0 amide bonds. The van der Waals surface area contributed by atoms with Crippen molar-refractivity contribution in [1.82, 2.24) is 5.09 Å². The van der Waals surface area contributed by atoms with Crippen LogP contribution in [-0.4, -0.2) is 6.54 Å². The first-order valence-corrected chi connectivity index (χ1v) is 4.19. The topological polar surface area (TPSA) is 29.1 Å². The van der Waals surface area contributed by atoms with Crippen LogP contribution in [-0.2, 0) is 4.57 Å². The summed E-state index contributed by atoms with van der Waals surface area (Å²) in [4.78, 5) is 0. The maximum Gasteiger partial charge on any atom is 0.504 e. The van der Waals surface area contributed by atoms with Gasteiger partial charge in [-0.25, -0.2) is 0 Å². The van der Waals surface area contributed by atoms with Crippen LogP contribution in [0.25, 0.3) is 0 Å². The Bertz CT molecular complexity index is 85.0. The Hall–Kier alpha value is 0.150. The van der Waals surface area contributed by atoms with Gasteiger partial charge < -0.3 is 0 Å². The van der Waals surface area contributed by atoms with Gasteiger partial charge in [-0.05, 0) is 4.57 Å². The van der Waals surface area contributed by atoms with Crippen LogP contribution in [0.5, 0.6) is 0 Å². The van der Waals surface area contributed by atoms with E-state index in [0.717, 1.165) is 0 Å². The molecule has 0 aliphatic rings. The molecule has 0 spiro atoms. The number of hydrogen-bond acceptors (Lipinski definition) is 1. The van der Waals surface area contributed by atoms with Gasteiger partial charge in [0.25, 0.3) is 0 Å². The van der Waals surface area contributed by atoms with E-state index < -0.39 is 7.15 Å². The van der Waals surface area contributed by atoms with Gasteiger partial charge in [0, 0.05) is 0 Å². The molecule has 1 N–H and O–H groups in total. The summed E-state index contributed by atoms with van der Waals surface area (Å²) < 4.78 is 10.1. The minimum absolute atomic E-state index is 0.554. The van der Waals surface area contributed by atoms with Crippen LogP contribution in [0.1, 0.15) is 0 Å². The second-order valence-electron chi connectivity index (χ2n) is 0.924. The highest BCUT2D eigenvalue weighted by Crippen LogP contribution is 2.17. The predicted octanol–water partition coefficient (Wildman–Crippen LogP) is 1.35. The highest BCUT2D eigenvalue weighted by Gasteiger charge is 2.01. The van der Waals surface area contributed by atoms with Gasteiger partial charge >= 0.3 is 7.15 Å². The van der Waals surface area contributed by atoms with Crippen LogP contribution in [0.4, 0.5) is 0 Å². The van der Waals surface area contributed by atoms with Gasteiger partial charge in [-0.2, -0.15) is 0 Å². The zero-order valence-electron chi connectivity index (χ0n) is 3.79. The zero-order valence-corrected chi connectivity index (χ0v) is 5.58. The largest absolute Gasteiger partial charge is 0.504 e. The lowest BCUT2D eigenvalue weighted by Gasteiger charge is -1.74. The van der Waals surface area contributed by atoms with Crippen LogP contribution in [0.2, 0.25) is 0 Å². The Kier molecular flexibility index (Phi) is 4.41. The second kappa shape index (κ2) is 4.31. The molecule has 0 rings (SSSR count). The van der Waals surface area contributed by atoms with E-state index in [2.05, 4.69) is 23.9 Å². The third-order valence-corrected chi connectivity index (χ3v) is 1.25. The van der Waals surface area contributed by atoms with E-state index in [-0.39, 0.29) is 0 Å². The molecule has 0 bridgehead atoms. The third-order valence-electron chi connectivity index (χ3n) is 0.371. The van der Waals surface area contributed by atoms with Crippen molar-refractivity contribution >= 4 is 19.4 Å². The molecule has 0 saturated heterocycles. The third kappa shape index (κ3) is 6.15. The van der Waals surface area contributed by atoms with E-state index in [9.17, 15) is 4.57 Å². The van der Waals surface area contributed by atoms with Crippen LogP contribution in [0.15, 0.2) is 12.7 Å². The Labute approximate surface area is 49.0 Å². The summed E-state index contributed by atoms with van der Waals surface area (Å²) in [6.45, 7) is 3.96. The van der Waals surface area contributed by atoms with Crippen molar-refractivity contribution in [3.63, 3.8) is 0 Å². The normalized spacial score (nSPS) is 10.7. The molecule has 0 aliphatic heterocycles. The minimum Gasteiger partial charge on any atom is -0.102 e. The van der Waals surface area contributed by atoms with Crippen molar-refractivity contribution in [3.8, 4) is 0 Å². The molecule has 1 atom stereocenters. The molecule has 40 valence electrons. The van der Waals surface area contributed by atoms with E-state index in [1.165, 1.54) is 0 Å². The molecular formula is C3H7NOPS+. The van der Waals surface area contributed by atoms with Gasteiger partial charge in [0.1, 0.15) is 12.2 Å². The highest BCUT2D eigenvalue weighted by molar-refractivity contribution is 8.40. The van der Waals surface area contributed by atoms with Gasteiger partial charge in [-0.15, -0.1) is 6.58 Å². The second-order valence-corrected chi connectivity index (χ2v) is 2.88. The Morgan fingerprint density at radius 2 is 2.57 bits per heavy atom. The summed E-state index contributed by atoms with van der Waals surface area (Å²) in [5, 5.41) is 2.55. The maximum absolute atomic E-state index is 10.1. The summed E-state index contributed by atoms with van der Waals surface area (Å²) >= 11 is 3.58. The molecule has 0 aliphatic carbocycles. The molecule has 0 heterocycles. The smallest absolute Gasteiger partial charge is 0.102 e. The molecule has 0 saturated carbocycles. The number of nitrogens with one attached hydrogen (secondary N) is 1. The summed E-state index contributed by atoms with van der Waals surface area (Å²) in [6, 6.07) is 0. The van der Waals surface area contributed by atoms with Gasteiger partial charge in [0.05, 0.1) is 6.54 Å². The van der Waals surface area contributed by atoms with Crippen LogP contribution < -0.4 is 5.09 Å². The number of rotatable bonds is 3. The quantitative estimate of drug-likeness (QED) is 0.348. The first kappa shape index (κ1) is 7.15. The van der Waals surface area contributed by atoms with Crippen molar-refractivity contribution in [3.05, 3.63) is 12.7 Å². The minimum atomic E-state index is -1.48. The van der Waals surface area contributed by atoms with Crippen LogP contribution in [0, 0.1) is 0 Å². The fourth-order valence-electron chi connectivity index (χ4n) is 0.143. The van der Waals surface area contributed by atoms with Crippen molar-refractivity contribution in [2.45, 2.75) is 0 Å². The summed E-state index contributed by atoms with van der Waals surface area (Å²) in [5.74, 6) is 0. The summed E-state index contributed by atoms with van der Waals surface area (Å²) in [5.41, 5.74) is 0. The lowest BCUT2D eigenvalue weighted by molar-refractivity contribution is 0.591. The monoisotopic (exact) mass is 136 g/mol.